The maximum atomic E-state index is 11.9. The molecule has 1 amide bonds. The van der Waals surface area contributed by atoms with Gasteiger partial charge in [0.15, 0.2) is 5.11 Å². The van der Waals surface area contributed by atoms with Gasteiger partial charge in [0.05, 0.1) is 19.4 Å². The number of hydrogen-bond acceptors (Lipinski definition) is 4. The van der Waals surface area contributed by atoms with Gasteiger partial charge in [0.1, 0.15) is 0 Å². The fourth-order valence-electron chi connectivity index (χ4n) is 2.05. The molecule has 0 aliphatic carbocycles. The number of thiocarbonyl (C=S) groups is 1. The number of ether oxygens (including phenoxy) is 1. The quantitative estimate of drug-likeness (QED) is 0.813. The van der Waals surface area contributed by atoms with Crippen LogP contribution < -0.4 is 10.6 Å². The highest BCUT2D eigenvalue weighted by atomic mass is 32.1. The Morgan fingerprint density at radius 1 is 1.30 bits per heavy atom. The van der Waals surface area contributed by atoms with Crippen LogP contribution in [0.15, 0.2) is 30.3 Å². The summed E-state index contributed by atoms with van der Waals surface area (Å²) in [6, 6.07) is 9.02. The summed E-state index contributed by atoms with van der Waals surface area (Å²) in [5.41, 5.74) is 0.593. The Balaban J connectivity index is 1.81. The number of carbonyl (C=O) groups is 1. The van der Waals surface area contributed by atoms with Crippen molar-refractivity contribution in [3.8, 4) is 0 Å². The Kier molecular flexibility index (Phi) is 5.46. The average molecular weight is 293 g/mol. The van der Waals surface area contributed by atoms with Gasteiger partial charge < -0.3 is 10.1 Å². The fraction of sp³-hybridized carbons (Fsp3) is 0.429. The molecule has 0 bridgehead atoms. The summed E-state index contributed by atoms with van der Waals surface area (Å²) in [6.07, 6.45) is 0.0717. The van der Waals surface area contributed by atoms with E-state index in [2.05, 4.69) is 15.5 Å². The van der Waals surface area contributed by atoms with Gasteiger partial charge in [-0.15, -0.1) is 0 Å². The first-order chi connectivity index (χ1) is 9.66. The molecule has 20 heavy (non-hydrogen) atoms. The summed E-state index contributed by atoms with van der Waals surface area (Å²) < 4.78 is 5.31. The van der Waals surface area contributed by atoms with Crippen molar-refractivity contribution in [1.29, 1.82) is 0 Å². The van der Waals surface area contributed by atoms with Gasteiger partial charge in [0.2, 0.25) is 0 Å². The summed E-state index contributed by atoms with van der Waals surface area (Å²) in [4.78, 5) is 14.2. The average Bonchev–Trinajstić information content (AvgIpc) is 2.49. The number of morpholine rings is 1. The van der Waals surface area contributed by atoms with Crippen LogP contribution in [-0.4, -0.2) is 48.4 Å². The Morgan fingerprint density at radius 2 is 1.95 bits per heavy atom. The van der Waals surface area contributed by atoms with Crippen molar-refractivity contribution in [2.45, 2.75) is 13.1 Å². The van der Waals surface area contributed by atoms with Gasteiger partial charge in [-0.2, -0.15) is 0 Å². The zero-order valence-corrected chi connectivity index (χ0v) is 12.3. The second-order valence-electron chi connectivity index (χ2n) is 4.62. The minimum atomic E-state index is -0.197. The van der Waals surface area contributed by atoms with Gasteiger partial charge >= 0.3 is 0 Å². The molecular formula is C14H19N3O2S. The first kappa shape index (κ1) is 14.9. The molecule has 1 atom stereocenters. The number of carbonyl (C=O) groups excluding carboxylic acids is 1. The number of benzene rings is 1. The largest absolute Gasteiger partial charge is 0.379 e. The van der Waals surface area contributed by atoms with E-state index < -0.39 is 0 Å². The van der Waals surface area contributed by atoms with E-state index in [9.17, 15) is 4.79 Å². The second kappa shape index (κ2) is 7.33. The van der Waals surface area contributed by atoms with Crippen LogP contribution in [0, 0.1) is 0 Å². The molecule has 108 valence electrons. The second-order valence-corrected chi connectivity index (χ2v) is 5.03. The smallest absolute Gasteiger partial charge is 0.257 e. The predicted octanol–water partition coefficient (Wildman–Crippen LogP) is 0.969. The van der Waals surface area contributed by atoms with Crippen molar-refractivity contribution >= 4 is 23.2 Å². The molecule has 6 heteroatoms. The van der Waals surface area contributed by atoms with Gasteiger partial charge in [-0.1, -0.05) is 18.2 Å². The van der Waals surface area contributed by atoms with Crippen LogP contribution in [0.3, 0.4) is 0 Å². The van der Waals surface area contributed by atoms with Crippen molar-refractivity contribution in [2.75, 3.05) is 26.3 Å². The first-order valence-corrected chi connectivity index (χ1v) is 7.06. The van der Waals surface area contributed by atoms with Crippen molar-refractivity contribution in [1.82, 2.24) is 15.5 Å². The number of amides is 1. The van der Waals surface area contributed by atoms with Crippen molar-refractivity contribution in [2.24, 2.45) is 0 Å². The van der Waals surface area contributed by atoms with Gasteiger partial charge in [0.25, 0.3) is 5.91 Å². The third kappa shape index (κ3) is 4.26. The Bertz CT molecular complexity index is 461. The SMILES string of the molecule is CC(NC(=S)NC(=O)c1ccccc1)N1CCOCC1. The van der Waals surface area contributed by atoms with Crippen LogP contribution in [-0.2, 0) is 4.74 Å². The van der Waals surface area contributed by atoms with E-state index in [1.165, 1.54) is 0 Å². The maximum absolute atomic E-state index is 11.9. The molecule has 5 nitrogen and oxygen atoms in total. The Hall–Kier alpha value is -1.50. The molecule has 1 aliphatic rings. The lowest BCUT2D eigenvalue weighted by molar-refractivity contribution is 0.0173. The van der Waals surface area contributed by atoms with Crippen LogP contribution >= 0.6 is 12.2 Å². The third-order valence-corrected chi connectivity index (χ3v) is 3.42. The molecule has 1 heterocycles. The van der Waals surface area contributed by atoms with Crippen LogP contribution in [0.5, 0.6) is 0 Å². The van der Waals surface area contributed by atoms with E-state index in [1.807, 2.05) is 25.1 Å². The molecule has 1 unspecified atom stereocenters. The van der Waals surface area contributed by atoms with Gasteiger partial charge in [-0.3, -0.25) is 15.0 Å². The summed E-state index contributed by atoms with van der Waals surface area (Å²) in [6.45, 7) is 5.21. The topological polar surface area (TPSA) is 53.6 Å². The lowest BCUT2D eigenvalue weighted by Gasteiger charge is -2.33. The molecule has 1 aromatic carbocycles. The van der Waals surface area contributed by atoms with Gasteiger partial charge in [0, 0.05) is 18.7 Å². The van der Waals surface area contributed by atoms with Crippen molar-refractivity contribution < 1.29 is 9.53 Å². The lowest BCUT2D eigenvalue weighted by atomic mass is 10.2. The molecule has 1 aliphatic heterocycles. The summed E-state index contributed by atoms with van der Waals surface area (Å²) in [5.74, 6) is -0.197. The molecule has 1 saturated heterocycles. The predicted molar refractivity (Wildman–Crippen MR) is 81.5 cm³/mol. The highest BCUT2D eigenvalue weighted by Gasteiger charge is 2.18. The molecule has 2 N–H and O–H groups in total. The molecule has 0 spiro atoms. The fourth-order valence-corrected chi connectivity index (χ4v) is 2.31. The van der Waals surface area contributed by atoms with E-state index in [-0.39, 0.29) is 12.1 Å². The van der Waals surface area contributed by atoms with Crippen LogP contribution in [0.25, 0.3) is 0 Å². The third-order valence-electron chi connectivity index (χ3n) is 3.20. The van der Waals surface area contributed by atoms with Crippen molar-refractivity contribution in [3.05, 3.63) is 35.9 Å². The van der Waals surface area contributed by atoms with E-state index >= 15 is 0 Å². The standard InChI is InChI=1S/C14H19N3O2S/c1-11(17-7-9-19-10-8-17)15-14(20)16-13(18)12-5-3-2-4-6-12/h2-6,11H,7-10H2,1H3,(H2,15,16,18,20). The van der Waals surface area contributed by atoms with E-state index in [1.54, 1.807) is 12.1 Å². The number of hydrogen-bond donors (Lipinski definition) is 2. The minimum absolute atomic E-state index is 0.0717. The van der Waals surface area contributed by atoms with Gasteiger partial charge in [-0.25, -0.2) is 0 Å². The summed E-state index contributed by atoms with van der Waals surface area (Å²) in [7, 11) is 0. The van der Waals surface area contributed by atoms with Crippen LogP contribution in [0.2, 0.25) is 0 Å². The number of nitrogens with zero attached hydrogens (tertiary/aromatic N) is 1. The molecule has 0 saturated carbocycles. The number of rotatable bonds is 3. The van der Waals surface area contributed by atoms with Gasteiger partial charge in [-0.05, 0) is 31.3 Å². The molecule has 2 rings (SSSR count). The zero-order valence-electron chi connectivity index (χ0n) is 11.5. The Morgan fingerprint density at radius 3 is 2.60 bits per heavy atom. The van der Waals surface area contributed by atoms with E-state index in [0.717, 1.165) is 26.3 Å². The van der Waals surface area contributed by atoms with Crippen LogP contribution in [0.1, 0.15) is 17.3 Å². The zero-order chi connectivity index (χ0) is 14.4. The summed E-state index contributed by atoms with van der Waals surface area (Å²) in [5, 5.41) is 6.16. The monoisotopic (exact) mass is 293 g/mol. The molecular weight excluding hydrogens is 274 g/mol. The molecule has 1 aromatic rings. The minimum Gasteiger partial charge on any atom is -0.379 e. The van der Waals surface area contributed by atoms with Crippen molar-refractivity contribution in [3.63, 3.8) is 0 Å². The highest BCUT2D eigenvalue weighted by molar-refractivity contribution is 7.80. The van der Waals surface area contributed by atoms with E-state index in [4.69, 9.17) is 17.0 Å². The molecule has 0 aromatic heterocycles. The first-order valence-electron chi connectivity index (χ1n) is 6.65. The highest BCUT2D eigenvalue weighted by Crippen LogP contribution is 2.01. The molecule has 0 radical (unpaired) electrons. The molecule has 1 fully saturated rings. The lowest BCUT2D eigenvalue weighted by Crippen LogP contribution is -2.53. The normalized spacial score (nSPS) is 17.2. The van der Waals surface area contributed by atoms with Crippen LogP contribution in [0.4, 0.5) is 0 Å². The maximum Gasteiger partial charge on any atom is 0.257 e. The van der Waals surface area contributed by atoms with E-state index in [0.29, 0.717) is 10.7 Å². The summed E-state index contributed by atoms with van der Waals surface area (Å²) >= 11 is 5.17. The number of nitrogens with one attached hydrogen (secondary N) is 2. The Labute approximate surface area is 124 Å².